The molecular formula is C16H15BrN2. The summed E-state index contributed by atoms with van der Waals surface area (Å²) in [6.07, 6.45) is 0.967. The van der Waals surface area contributed by atoms with Gasteiger partial charge in [0.05, 0.1) is 11.3 Å². The smallest absolute Gasteiger partial charge is 0.103 e. The van der Waals surface area contributed by atoms with Gasteiger partial charge in [0, 0.05) is 18.1 Å². The van der Waals surface area contributed by atoms with Crippen LogP contribution in [0.15, 0.2) is 53.0 Å². The molecule has 2 aromatic carbocycles. The Hall–Kier alpha value is -1.79. The van der Waals surface area contributed by atoms with Gasteiger partial charge in [-0.1, -0.05) is 36.4 Å². The predicted octanol–water partition coefficient (Wildman–Crippen LogP) is 4.00. The third-order valence-electron chi connectivity index (χ3n) is 3.09. The number of hydrogen-bond donors (Lipinski definition) is 0. The summed E-state index contributed by atoms with van der Waals surface area (Å²) >= 11 is 3.42. The van der Waals surface area contributed by atoms with Gasteiger partial charge in [-0.05, 0) is 40.0 Å². The Morgan fingerprint density at radius 3 is 2.53 bits per heavy atom. The molecule has 2 nitrogen and oxygen atoms in total. The Morgan fingerprint density at radius 2 is 1.84 bits per heavy atom. The average Bonchev–Trinajstić information content (AvgIpc) is 2.45. The molecule has 0 radical (unpaired) electrons. The fourth-order valence-electron chi connectivity index (χ4n) is 2.00. The van der Waals surface area contributed by atoms with Gasteiger partial charge in [0.2, 0.25) is 0 Å². The second-order valence-electron chi connectivity index (χ2n) is 4.40. The van der Waals surface area contributed by atoms with Crippen LogP contribution in [0.4, 0.5) is 5.69 Å². The van der Waals surface area contributed by atoms with Gasteiger partial charge >= 0.3 is 0 Å². The van der Waals surface area contributed by atoms with Crippen LogP contribution < -0.4 is 4.90 Å². The third-order valence-corrected chi connectivity index (χ3v) is 3.75. The number of rotatable bonds is 4. The van der Waals surface area contributed by atoms with E-state index in [1.54, 1.807) is 0 Å². The lowest BCUT2D eigenvalue weighted by Crippen LogP contribution is -2.21. The van der Waals surface area contributed by atoms with Gasteiger partial charge in [-0.2, -0.15) is 5.26 Å². The van der Waals surface area contributed by atoms with Gasteiger partial charge in [-0.25, -0.2) is 0 Å². The van der Waals surface area contributed by atoms with E-state index in [2.05, 4.69) is 51.2 Å². The molecule has 3 heteroatoms. The molecule has 96 valence electrons. The lowest BCUT2D eigenvalue weighted by atomic mass is 10.1. The van der Waals surface area contributed by atoms with Crippen LogP contribution in [0.5, 0.6) is 0 Å². The highest BCUT2D eigenvalue weighted by Gasteiger charge is 2.09. The fraction of sp³-hybridized carbons (Fsp3) is 0.188. The molecule has 0 aliphatic carbocycles. The summed E-state index contributed by atoms with van der Waals surface area (Å²) < 4.78 is 0.846. The lowest BCUT2D eigenvalue weighted by Gasteiger charge is -2.21. The van der Waals surface area contributed by atoms with E-state index >= 15 is 0 Å². The van der Waals surface area contributed by atoms with Crippen LogP contribution in [-0.4, -0.2) is 13.6 Å². The van der Waals surface area contributed by atoms with Crippen LogP contribution in [0.25, 0.3) is 0 Å². The fourth-order valence-corrected chi connectivity index (χ4v) is 2.45. The first-order chi connectivity index (χ1) is 9.22. The van der Waals surface area contributed by atoms with Crippen molar-refractivity contribution in [2.24, 2.45) is 0 Å². The molecule has 0 aliphatic heterocycles. The zero-order valence-corrected chi connectivity index (χ0v) is 12.4. The Balaban J connectivity index is 2.11. The molecule has 0 amide bonds. The maximum atomic E-state index is 9.23. The molecule has 0 heterocycles. The SMILES string of the molecule is CN(CCc1ccccc1)c1cccc(Br)c1C#N. The van der Waals surface area contributed by atoms with Gasteiger partial charge in [0.15, 0.2) is 0 Å². The van der Waals surface area contributed by atoms with Crippen molar-refractivity contribution in [2.45, 2.75) is 6.42 Å². The summed E-state index contributed by atoms with van der Waals surface area (Å²) in [7, 11) is 2.02. The van der Waals surface area contributed by atoms with Crippen LogP contribution in [0.1, 0.15) is 11.1 Å². The molecule has 0 saturated heterocycles. The average molecular weight is 315 g/mol. The van der Waals surface area contributed by atoms with Crippen molar-refractivity contribution in [3.05, 3.63) is 64.1 Å². The van der Waals surface area contributed by atoms with Crippen molar-refractivity contribution in [1.29, 1.82) is 5.26 Å². The standard InChI is InChI=1S/C16H15BrN2/c1-19(11-10-13-6-3-2-4-7-13)16-9-5-8-15(17)14(16)12-18/h2-9H,10-11H2,1H3. The minimum atomic E-state index is 0.693. The van der Waals surface area contributed by atoms with E-state index in [0.717, 1.165) is 23.1 Å². The molecule has 0 aromatic heterocycles. The molecule has 2 aromatic rings. The molecule has 0 atom stereocenters. The van der Waals surface area contributed by atoms with Crippen molar-refractivity contribution in [1.82, 2.24) is 0 Å². The zero-order chi connectivity index (χ0) is 13.7. The molecule has 0 aliphatic rings. The molecule has 0 saturated carbocycles. The summed E-state index contributed by atoms with van der Waals surface area (Å²) in [5.41, 5.74) is 2.97. The topological polar surface area (TPSA) is 27.0 Å². The molecule has 0 fully saturated rings. The maximum Gasteiger partial charge on any atom is 0.103 e. The van der Waals surface area contributed by atoms with E-state index in [-0.39, 0.29) is 0 Å². The predicted molar refractivity (Wildman–Crippen MR) is 82.3 cm³/mol. The van der Waals surface area contributed by atoms with Gasteiger partial charge < -0.3 is 4.90 Å². The summed E-state index contributed by atoms with van der Waals surface area (Å²) in [5, 5.41) is 9.23. The molecule has 19 heavy (non-hydrogen) atoms. The first-order valence-electron chi connectivity index (χ1n) is 6.16. The van der Waals surface area contributed by atoms with E-state index in [9.17, 15) is 5.26 Å². The second-order valence-corrected chi connectivity index (χ2v) is 5.26. The number of anilines is 1. The molecule has 0 bridgehead atoms. The normalized spacial score (nSPS) is 9.95. The highest BCUT2D eigenvalue weighted by atomic mass is 79.9. The number of likely N-dealkylation sites (N-methyl/N-ethyl adjacent to an activating group) is 1. The zero-order valence-electron chi connectivity index (χ0n) is 10.8. The van der Waals surface area contributed by atoms with Crippen LogP contribution in [-0.2, 0) is 6.42 Å². The highest BCUT2D eigenvalue weighted by Crippen LogP contribution is 2.26. The van der Waals surface area contributed by atoms with E-state index in [1.165, 1.54) is 5.56 Å². The van der Waals surface area contributed by atoms with Crippen molar-refractivity contribution in [3.63, 3.8) is 0 Å². The van der Waals surface area contributed by atoms with Gasteiger partial charge in [0.1, 0.15) is 6.07 Å². The third kappa shape index (κ3) is 3.36. The Morgan fingerprint density at radius 1 is 1.11 bits per heavy atom. The first kappa shape index (κ1) is 13.6. The van der Waals surface area contributed by atoms with Crippen molar-refractivity contribution < 1.29 is 0 Å². The summed E-state index contributed by atoms with van der Waals surface area (Å²) in [6, 6.07) is 18.5. The van der Waals surface area contributed by atoms with Crippen LogP contribution in [0.2, 0.25) is 0 Å². The van der Waals surface area contributed by atoms with E-state index in [4.69, 9.17) is 0 Å². The number of nitriles is 1. The van der Waals surface area contributed by atoms with Crippen LogP contribution in [0, 0.1) is 11.3 Å². The summed E-state index contributed by atoms with van der Waals surface area (Å²) in [5.74, 6) is 0. The maximum absolute atomic E-state index is 9.23. The van der Waals surface area contributed by atoms with Gasteiger partial charge in [-0.3, -0.25) is 0 Å². The van der Waals surface area contributed by atoms with Crippen molar-refractivity contribution >= 4 is 21.6 Å². The quantitative estimate of drug-likeness (QED) is 0.853. The van der Waals surface area contributed by atoms with E-state index < -0.39 is 0 Å². The minimum absolute atomic E-state index is 0.693. The molecular weight excluding hydrogens is 300 g/mol. The Labute approximate surface area is 122 Å². The number of halogens is 1. The van der Waals surface area contributed by atoms with E-state index in [1.807, 2.05) is 31.3 Å². The Kier molecular flexibility index (Phi) is 4.59. The number of hydrogen-bond acceptors (Lipinski definition) is 2. The first-order valence-corrected chi connectivity index (χ1v) is 6.95. The minimum Gasteiger partial charge on any atom is -0.373 e. The van der Waals surface area contributed by atoms with Gasteiger partial charge in [-0.15, -0.1) is 0 Å². The monoisotopic (exact) mass is 314 g/mol. The van der Waals surface area contributed by atoms with Crippen LogP contribution in [0.3, 0.4) is 0 Å². The van der Waals surface area contributed by atoms with Crippen molar-refractivity contribution in [3.8, 4) is 6.07 Å². The Bertz CT molecular complexity index is 587. The highest BCUT2D eigenvalue weighted by molar-refractivity contribution is 9.10. The molecule has 0 spiro atoms. The largest absolute Gasteiger partial charge is 0.373 e. The van der Waals surface area contributed by atoms with Crippen LogP contribution >= 0.6 is 15.9 Å². The number of nitrogens with zero attached hydrogens (tertiary/aromatic N) is 2. The number of benzene rings is 2. The van der Waals surface area contributed by atoms with E-state index in [0.29, 0.717) is 5.56 Å². The molecule has 0 unspecified atom stereocenters. The summed E-state index contributed by atoms with van der Waals surface area (Å²) in [6.45, 7) is 0.884. The second kappa shape index (κ2) is 6.40. The summed E-state index contributed by atoms with van der Waals surface area (Å²) in [4.78, 5) is 2.12. The molecule has 0 N–H and O–H groups in total. The van der Waals surface area contributed by atoms with Crippen molar-refractivity contribution in [2.75, 3.05) is 18.5 Å². The molecule has 2 rings (SSSR count). The lowest BCUT2D eigenvalue weighted by molar-refractivity contribution is 0.875. The van der Waals surface area contributed by atoms with Gasteiger partial charge in [0.25, 0.3) is 0 Å².